The Balaban J connectivity index is 1.34. The standard InChI is InChI=1S/C24H25N9/c1-2-6-16-15(5-1)30-23(31-16,21-25-11-12-26-21)19-9-10-20(29-19)24(22-27-13-14-28-22)32-17-7-3-4-8-18(17)33-24/h1-10,29-33H,11-14H2,(H,25,26)(H,27,28). The number of H-pyrrole nitrogens is 1. The Hall–Kier alpha value is -4.14. The molecule has 0 amide bonds. The minimum absolute atomic E-state index is 0.698. The van der Waals surface area contributed by atoms with Crippen molar-refractivity contribution >= 4 is 34.4 Å². The van der Waals surface area contributed by atoms with Crippen molar-refractivity contribution in [1.29, 1.82) is 0 Å². The van der Waals surface area contributed by atoms with Gasteiger partial charge in [-0.2, -0.15) is 0 Å². The van der Waals surface area contributed by atoms with Crippen LogP contribution in [0.2, 0.25) is 0 Å². The molecule has 9 nitrogen and oxygen atoms in total. The van der Waals surface area contributed by atoms with Gasteiger partial charge in [-0.3, -0.25) is 9.98 Å². The van der Waals surface area contributed by atoms with E-state index in [9.17, 15) is 0 Å². The predicted molar refractivity (Wildman–Crippen MR) is 132 cm³/mol. The molecule has 9 heteroatoms. The highest BCUT2D eigenvalue weighted by Crippen LogP contribution is 2.43. The zero-order valence-electron chi connectivity index (χ0n) is 18.0. The first-order valence-electron chi connectivity index (χ1n) is 11.4. The SMILES string of the molecule is c1ccc2c(c1)NC(C1=NCCN1)(c1ccc(C3(C4=NCCN4)Nc4ccccc4N3)[nH]1)N2. The lowest BCUT2D eigenvalue weighted by Crippen LogP contribution is -2.53. The minimum atomic E-state index is -0.698. The van der Waals surface area contributed by atoms with Crippen LogP contribution in [0.1, 0.15) is 11.4 Å². The fourth-order valence-corrected chi connectivity index (χ4v) is 5.16. The maximum atomic E-state index is 4.78. The highest BCUT2D eigenvalue weighted by molar-refractivity contribution is 6.03. The van der Waals surface area contributed by atoms with Gasteiger partial charge in [0.15, 0.2) is 11.7 Å². The molecule has 0 spiro atoms. The Morgan fingerprint density at radius 3 is 1.27 bits per heavy atom. The van der Waals surface area contributed by atoms with E-state index >= 15 is 0 Å². The van der Waals surface area contributed by atoms with Crippen LogP contribution in [0.15, 0.2) is 70.6 Å². The molecular formula is C24H25N9. The molecule has 1 aromatic heterocycles. The molecule has 4 aliphatic rings. The number of hydrogen-bond acceptors (Lipinski definition) is 8. The number of rotatable bonds is 4. The molecule has 7 rings (SSSR count). The lowest BCUT2D eigenvalue weighted by atomic mass is 10.1. The number of nitrogens with zero attached hydrogens (tertiary/aromatic N) is 2. The van der Waals surface area contributed by atoms with Gasteiger partial charge < -0.3 is 36.9 Å². The first kappa shape index (κ1) is 18.4. The first-order chi connectivity index (χ1) is 16.3. The number of nitrogens with one attached hydrogen (secondary N) is 7. The zero-order valence-corrected chi connectivity index (χ0v) is 18.0. The van der Waals surface area contributed by atoms with Crippen molar-refractivity contribution < 1.29 is 0 Å². The van der Waals surface area contributed by atoms with E-state index < -0.39 is 11.3 Å². The van der Waals surface area contributed by atoms with Crippen molar-refractivity contribution in [2.75, 3.05) is 47.4 Å². The van der Waals surface area contributed by atoms with Crippen LogP contribution in [0, 0.1) is 0 Å². The number of hydrogen-bond donors (Lipinski definition) is 7. The van der Waals surface area contributed by atoms with E-state index in [-0.39, 0.29) is 0 Å². The third-order valence-corrected chi connectivity index (χ3v) is 6.70. The highest BCUT2D eigenvalue weighted by Gasteiger charge is 2.49. The van der Waals surface area contributed by atoms with Crippen molar-refractivity contribution in [1.82, 2.24) is 15.6 Å². The van der Waals surface area contributed by atoms with E-state index in [1.165, 1.54) is 0 Å². The molecular weight excluding hydrogens is 414 g/mol. The second kappa shape index (κ2) is 6.68. The number of amidine groups is 2. The normalized spacial score (nSPS) is 20.7. The molecule has 0 radical (unpaired) electrons. The summed E-state index contributed by atoms with van der Waals surface area (Å²) in [5, 5.41) is 21.7. The Kier molecular flexibility index (Phi) is 3.73. The number of benzene rings is 2. The summed E-state index contributed by atoms with van der Waals surface area (Å²) < 4.78 is 0. The topological polar surface area (TPSA) is 113 Å². The third-order valence-electron chi connectivity index (χ3n) is 6.70. The van der Waals surface area contributed by atoms with Crippen LogP contribution in [0.5, 0.6) is 0 Å². The molecule has 5 heterocycles. The molecule has 0 aliphatic carbocycles. The van der Waals surface area contributed by atoms with Gasteiger partial charge in [0.1, 0.15) is 0 Å². The summed E-state index contributed by atoms with van der Waals surface area (Å²) in [6.45, 7) is 3.17. The van der Waals surface area contributed by atoms with Gasteiger partial charge in [0, 0.05) is 13.1 Å². The second-order valence-electron chi connectivity index (χ2n) is 8.69. The molecule has 0 fully saturated rings. The van der Waals surface area contributed by atoms with Gasteiger partial charge in [0.25, 0.3) is 0 Å². The number of para-hydroxylation sites is 4. The molecule has 0 saturated heterocycles. The number of fused-ring (bicyclic) bond motifs is 2. The Labute approximate surface area is 191 Å². The average Bonchev–Trinajstić information content (AvgIpc) is 3.68. The van der Waals surface area contributed by atoms with Crippen LogP contribution in [-0.4, -0.2) is 42.8 Å². The molecule has 33 heavy (non-hydrogen) atoms. The average molecular weight is 440 g/mol. The van der Waals surface area contributed by atoms with Crippen molar-refractivity contribution in [2.45, 2.75) is 11.3 Å². The van der Waals surface area contributed by atoms with Crippen LogP contribution < -0.4 is 31.9 Å². The summed E-state index contributed by atoms with van der Waals surface area (Å²) in [7, 11) is 0. The summed E-state index contributed by atoms with van der Waals surface area (Å²) in [5.41, 5.74) is 4.74. The van der Waals surface area contributed by atoms with Crippen LogP contribution in [0.25, 0.3) is 0 Å². The zero-order chi connectivity index (χ0) is 21.9. The maximum absolute atomic E-state index is 4.78. The fourth-order valence-electron chi connectivity index (χ4n) is 5.16. The number of anilines is 4. The maximum Gasteiger partial charge on any atom is 0.209 e. The van der Waals surface area contributed by atoms with Gasteiger partial charge in [-0.15, -0.1) is 0 Å². The van der Waals surface area contributed by atoms with Crippen molar-refractivity contribution in [3.8, 4) is 0 Å². The molecule has 0 unspecified atom stereocenters. The summed E-state index contributed by atoms with van der Waals surface area (Å²) >= 11 is 0. The van der Waals surface area contributed by atoms with Gasteiger partial charge in [-0.05, 0) is 36.4 Å². The molecule has 7 N–H and O–H groups in total. The summed E-state index contributed by atoms with van der Waals surface area (Å²) in [5.74, 6) is 1.77. The fraction of sp³-hybridized carbons (Fsp3) is 0.250. The molecule has 0 atom stereocenters. The predicted octanol–water partition coefficient (Wildman–Crippen LogP) is 2.40. The van der Waals surface area contributed by atoms with E-state index in [0.717, 1.165) is 72.0 Å². The van der Waals surface area contributed by atoms with Crippen LogP contribution in [0.3, 0.4) is 0 Å². The Bertz CT molecular complexity index is 1160. The molecule has 4 aliphatic heterocycles. The summed E-state index contributed by atoms with van der Waals surface area (Å²) in [6.07, 6.45) is 0. The van der Waals surface area contributed by atoms with E-state index in [4.69, 9.17) is 9.98 Å². The summed E-state index contributed by atoms with van der Waals surface area (Å²) in [6, 6.07) is 20.7. The van der Waals surface area contributed by atoms with Gasteiger partial charge in [0.05, 0.1) is 47.2 Å². The number of aliphatic imine (C=N–C) groups is 2. The highest BCUT2D eigenvalue weighted by atomic mass is 15.4. The molecule has 0 bridgehead atoms. The third kappa shape index (κ3) is 2.59. The van der Waals surface area contributed by atoms with Crippen LogP contribution >= 0.6 is 0 Å². The first-order valence-corrected chi connectivity index (χ1v) is 11.4. The smallest absolute Gasteiger partial charge is 0.209 e. The van der Waals surface area contributed by atoms with Crippen LogP contribution in [-0.2, 0) is 11.3 Å². The number of aromatic amines is 1. The molecule has 2 aromatic carbocycles. The van der Waals surface area contributed by atoms with Crippen molar-refractivity contribution in [3.63, 3.8) is 0 Å². The minimum Gasteiger partial charge on any atom is -0.368 e. The van der Waals surface area contributed by atoms with E-state index in [2.05, 4.69) is 73.3 Å². The van der Waals surface area contributed by atoms with Gasteiger partial charge in [0.2, 0.25) is 11.3 Å². The van der Waals surface area contributed by atoms with Gasteiger partial charge in [-0.1, -0.05) is 24.3 Å². The molecule has 0 saturated carbocycles. The van der Waals surface area contributed by atoms with E-state index in [0.29, 0.717) is 0 Å². The van der Waals surface area contributed by atoms with E-state index in [1.807, 2.05) is 24.3 Å². The molecule has 166 valence electrons. The number of aromatic nitrogens is 1. The monoisotopic (exact) mass is 439 g/mol. The Morgan fingerprint density at radius 2 is 0.939 bits per heavy atom. The lowest BCUT2D eigenvalue weighted by molar-refractivity contribution is 0.695. The van der Waals surface area contributed by atoms with Gasteiger partial charge >= 0.3 is 0 Å². The van der Waals surface area contributed by atoms with E-state index in [1.54, 1.807) is 0 Å². The molecule has 3 aromatic rings. The van der Waals surface area contributed by atoms with Gasteiger partial charge in [-0.25, -0.2) is 0 Å². The quantitative estimate of drug-likeness (QED) is 0.336. The Morgan fingerprint density at radius 1 is 0.545 bits per heavy atom. The van der Waals surface area contributed by atoms with Crippen molar-refractivity contribution in [2.24, 2.45) is 9.98 Å². The summed E-state index contributed by atoms with van der Waals surface area (Å²) in [4.78, 5) is 13.3. The lowest BCUT2D eigenvalue weighted by Gasteiger charge is -2.32. The van der Waals surface area contributed by atoms with Crippen LogP contribution in [0.4, 0.5) is 22.7 Å². The largest absolute Gasteiger partial charge is 0.368 e. The van der Waals surface area contributed by atoms with Crippen molar-refractivity contribution in [3.05, 3.63) is 72.1 Å². The second-order valence-corrected chi connectivity index (χ2v) is 8.69.